The first kappa shape index (κ1) is 9.85. The SMILES string of the molecule is O=C(Nc1cncc(Br)c1)c1ccn[nH]1. The molecule has 0 spiro atoms. The summed E-state index contributed by atoms with van der Waals surface area (Å²) in [4.78, 5) is 15.5. The normalized spacial score (nSPS) is 9.93. The number of amides is 1. The molecule has 2 rings (SSSR count). The number of rotatable bonds is 2. The van der Waals surface area contributed by atoms with Gasteiger partial charge in [0.05, 0.1) is 11.9 Å². The molecule has 2 aromatic rings. The molecule has 15 heavy (non-hydrogen) atoms. The molecule has 0 atom stereocenters. The highest BCUT2D eigenvalue weighted by Crippen LogP contribution is 2.14. The first-order valence-corrected chi connectivity index (χ1v) is 4.96. The number of pyridine rings is 1. The molecule has 2 aromatic heterocycles. The Labute approximate surface area is 94.0 Å². The van der Waals surface area contributed by atoms with Crippen LogP contribution in [0.3, 0.4) is 0 Å². The maximum atomic E-state index is 11.6. The number of hydrogen-bond donors (Lipinski definition) is 2. The van der Waals surface area contributed by atoms with E-state index in [1.807, 2.05) is 0 Å². The zero-order valence-corrected chi connectivity index (χ0v) is 9.15. The van der Waals surface area contributed by atoms with Crippen LogP contribution in [0, 0.1) is 0 Å². The first-order chi connectivity index (χ1) is 7.25. The molecule has 2 heterocycles. The second-order valence-electron chi connectivity index (χ2n) is 2.82. The number of aromatic nitrogens is 3. The van der Waals surface area contributed by atoms with Crippen molar-refractivity contribution in [2.75, 3.05) is 5.32 Å². The van der Waals surface area contributed by atoms with Crippen molar-refractivity contribution in [1.29, 1.82) is 0 Å². The van der Waals surface area contributed by atoms with E-state index < -0.39 is 0 Å². The minimum atomic E-state index is -0.243. The maximum Gasteiger partial charge on any atom is 0.273 e. The monoisotopic (exact) mass is 266 g/mol. The van der Waals surface area contributed by atoms with Gasteiger partial charge in [-0.1, -0.05) is 0 Å². The number of carbonyl (C=O) groups excluding carboxylic acids is 1. The number of hydrogen-bond acceptors (Lipinski definition) is 3. The second-order valence-corrected chi connectivity index (χ2v) is 3.73. The zero-order chi connectivity index (χ0) is 10.7. The van der Waals surface area contributed by atoms with E-state index in [0.717, 1.165) is 4.47 Å². The third-order valence-corrected chi connectivity index (χ3v) is 2.14. The Hall–Kier alpha value is -1.69. The lowest BCUT2D eigenvalue weighted by atomic mass is 10.3. The predicted molar refractivity (Wildman–Crippen MR) is 58.5 cm³/mol. The average molecular weight is 267 g/mol. The van der Waals surface area contributed by atoms with Crippen molar-refractivity contribution in [3.63, 3.8) is 0 Å². The van der Waals surface area contributed by atoms with Crippen molar-refractivity contribution in [1.82, 2.24) is 15.2 Å². The summed E-state index contributed by atoms with van der Waals surface area (Å²) in [6.07, 6.45) is 4.74. The van der Waals surface area contributed by atoms with Gasteiger partial charge in [-0.25, -0.2) is 0 Å². The molecule has 1 amide bonds. The molecule has 0 aliphatic rings. The molecule has 0 fully saturated rings. The molecule has 0 bridgehead atoms. The highest BCUT2D eigenvalue weighted by atomic mass is 79.9. The molecule has 0 unspecified atom stereocenters. The Balaban J connectivity index is 2.13. The van der Waals surface area contributed by atoms with E-state index in [1.54, 1.807) is 24.5 Å². The van der Waals surface area contributed by atoms with E-state index in [2.05, 4.69) is 36.4 Å². The summed E-state index contributed by atoms with van der Waals surface area (Å²) in [7, 11) is 0. The molecule has 2 N–H and O–H groups in total. The number of H-pyrrole nitrogens is 1. The van der Waals surface area contributed by atoms with Crippen LogP contribution < -0.4 is 5.32 Å². The molecule has 0 aromatic carbocycles. The van der Waals surface area contributed by atoms with Gasteiger partial charge in [-0.15, -0.1) is 0 Å². The number of aromatic amines is 1. The summed E-state index contributed by atoms with van der Waals surface area (Å²) in [5.41, 5.74) is 1.04. The van der Waals surface area contributed by atoms with Crippen LogP contribution in [0.4, 0.5) is 5.69 Å². The predicted octanol–water partition coefficient (Wildman–Crippen LogP) is 1.82. The van der Waals surface area contributed by atoms with Crippen LogP contribution in [0.1, 0.15) is 10.5 Å². The summed E-state index contributed by atoms with van der Waals surface area (Å²) in [6.45, 7) is 0. The Morgan fingerprint density at radius 3 is 3.00 bits per heavy atom. The number of halogens is 1. The Morgan fingerprint density at radius 2 is 2.33 bits per heavy atom. The third-order valence-electron chi connectivity index (χ3n) is 1.71. The van der Waals surface area contributed by atoms with Gasteiger partial charge in [0, 0.05) is 16.9 Å². The molecule has 0 aliphatic heterocycles. The molecule has 0 saturated heterocycles. The molecular weight excluding hydrogens is 260 g/mol. The molecule has 5 nitrogen and oxygen atoms in total. The average Bonchev–Trinajstić information content (AvgIpc) is 2.70. The fourth-order valence-electron chi connectivity index (χ4n) is 1.06. The van der Waals surface area contributed by atoms with E-state index in [4.69, 9.17) is 0 Å². The van der Waals surface area contributed by atoms with Crippen LogP contribution in [0.25, 0.3) is 0 Å². The molecule has 6 heteroatoms. The van der Waals surface area contributed by atoms with Crippen LogP contribution in [0.15, 0.2) is 35.2 Å². The molecule has 0 aliphatic carbocycles. The van der Waals surface area contributed by atoms with Gasteiger partial charge in [0.25, 0.3) is 5.91 Å². The van der Waals surface area contributed by atoms with Crippen molar-refractivity contribution in [2.24, 2.45) is 0 Å². The van der Waals surface area contributed by atoms with Crippen LogP contribution in [-0.4, -0.2) is 21.1 Å². The summed E-state index contributed by atoms with van der Waals surface area (Å²) in [5, 5.41) is 8.95. The fourth-order valence-corrected chi connectivity index (χ4v) is 1.43. The van der Waals surface area contributed by atoms with Crippen LogP contribution in [0.5, 0.6) is 0 Å². The quantitative estimate of drug-likeness (QED) is 0.871. The van der Waals surface area contributed by atoms with Crippen LogP contribution in [-0.2, 0) is 0 Å². The van der Waals surface area contributed by atoms with Gasteiger partial charge < -0.3 is 5.32 Å². The van der Waals surface area contributed by atoms with Gasteiger partial charge in [-0.2, -0.15) is 5.10 Å². The zero-order valence-electron chi connectivity index (χ0n) is 7.57. The summed E-state index contributed by atoms with van der Waals surface area (Å²) >= 11 is 3.27. The van der Waals surface area contributed by atoms with Crippen molar-refractivity contribution >= 4 is 27.5 Å². The highest BCUT2D eigenvalue weighted by molar-refractivity contribution is 9.10. The number of anilines is 1. The lowest BCUT2D eigenvalue weighted by Crippen LogP contribution is -2.12. The summed E-state index contributed by atoms with van der Waals surface area (Å²) in [5.74, 6) is -0.243. The molecule has 0 saturated carbocycles. The van der Waals surface area contributed by atoms with E-state index >= 15 is 0 Å². The number of nitrogens with one attached hydrogen (secondary N) is 2. The lowest BCUT2D eigenvalue weighted by molar-refractivity contribution is 0.102. The van der Waals surface area contributed by atoms with Crippen molar-refractivity contribution in [2.45, 2.75) is 0 Å². The van der Waals surface area contributed by atoms with Gasteiger partial charge in [0.15, 0.2) is 0 Å². The van der Waals surface area contributed by atoms with Crippen LogP contribution >= 0.6 is 15.9 Å². The van der Waals surface area contributed by atoms with Gasteiger partial charge in [-0.05, 0) is 28.1 Å². The van der Waals surface area contributed by atoms with E-state index in [9.17, 15) is 4.79 Å². The van der Waals surface area contributed by atoms with Gasteiger partial charge >= 0.3 is 0 Å². The summed E-state index contributed by atoms with van der Waals surface area (Å²) < 4.78 is 0.810. The van der Waals surface area contributed by atoms with E-state index in [1.165, 1.54) is 6.20 Å². The Morgan fingerprint density at radius 1 is 1.47 bits per heavy atom. The Bertz CT molecular complexity index is 469. The van der Waals surface area contributed by atoms with Gasteiger partial charge in [-0.3, -0.25) is 14.9 Å². The lowest BCUT2D eigenvalue weighted by Gasteiger charge is -2.02. The topological polar surface area (TPSA) is 70.7 Å². The number of nitrogens with zero attached hydrogens (tertiary/aromatic N) is 2. The van der Waals surface area contributed by atoms with Gasteiger partial charge in [0.1, 0.15) is 5.69 Å². The largest absolute Gasteiger partial charge is 0.319 e. The van der Waals surface area contributed by atoms with E-state index in [0.29, 0.717) is 11.4 Å². The Kier molecular flexibility index (Phi) is 2.77. The summed E-state index contributed by atoms with van der Waals surface area (Å²) in [6, 6.07) is 3.36. The van der Waals surface area contributed by atoms with Crippen molar-refractivity contribution in [3.8, 4) is 0 Å². The smallest absolute Gasteiger partial charge is 0.273 e. The molecular formula is C9H7BrN4O. The fraction of sp³-hybridized carbons (Fsp3) is 0. The van der Waals surface area contributed by atoms with Crippen molar-refractivity contribution in [3.05, 3.63) is 40.9 Å². The molecule has 0 radical (unpaired) electrons. The minimum absolute atomic E-state index is 0.243. The third kappa shape index (κ3) is 2.41. The highest BCUT2D eigenvalue weighted by Gasteiger charge is 2.06. The van der Waals surface area contributed by atoms with E-state index in [-0.39, 0.29) is 5.91 Å². The number of carbonyl (C=O) groups is 1. The first-order valence-electron chi connectivity index (χ1n) is 4.17. The maximum absolute atomic E-state index is 11.6. The van der Waals surface area contributed by atoms with Crippen molar-refractivity contribution < 1.29 is 4.79 Å². The van der Waals surface area contributed by atoms with Gasteiger partial charge in [0.2, 0.25) is 0 Å². The standard InChI is InChI=1S/C9H7BrN4O/c10-6-3-7(5-11-4-6)13-9(15)8-1-2-12-14-8/h1-5H,(H,12,14)(H,13,15). The molecule has 76 valence electrons. The van der Waals surface area contributed by atoms with Crippen LogP contribution in [0.2, 0.25) is 0 Å². The minimum Gasteiger partial charge on any atom is -0.319 e. The second kappa shape index (κ2) is 4.22.